The minimum Gasteiger partial charge on any atom is -0.319 e. The number of rotatable bonds is 5. The van der Waals surface area contributed by atoms with Crippen molar-refractivity contribution in [2.75, 3.05) is 13.6 Å². The van der Waals surface area contributed by atoms with Crippen molar-refractivity contribution in [3.8, 4) is 0 Å². The predicted molar refractivity (Wildman–Crippen MR) is 88.5 cm³/mol. The van der Waals surface area contributed by atoms with Crippen LogP contribution in [0.15, 0.2) is 24.3 Å². The molecule has 3 rings (SSSR count). The molecule has 2 unspecified atom stereocenters. The molecule has 1 N–H and O–H groups in total. The maximum atomic E-state index is 4.89. The Bertz CT molecular complexity index is 585. The Balaban J connectivity index is 1.86. The second kappa shape index (κ2) is 6.61. The van der Waals surface area contributed by atoms with Crippen LogP contribution in [-0.2, 0) is 13.0 Å². The van der Waals surface area contributed by atoms with Crippen molar-refractivity contribution < 1.29 is 0 Å². The number of aryl methyl sites for hydroxylation is 1. The molecule has 114 valence electrons. The summed E-state index contributed by atoms with van der Waals surface area (Å²) in [6, 6.07) is 8.69. The van der Waals surface area contributed by atoms with E-state index in [-0.39, 0.29) is 0 Å². The van der Waals surface area contributed by atoms with Crippen molar-refractivity contribution in [3.05, 3.63) is 30.0 Å². The van der Waals surface area contributed by atoms with Gasteiger partial charge in [-0.25, -0.2) is 0 Å². The van der Waals surface area contributed by atoms with Gasteiger partial charge in [0, 0.05) is 11.9 Å². The van der Waals surface area contributed by atoms with Crippen molar-refractivity contribution >= 4 is 10.9 Å². The van der Waals surface area contributed by atoms with Crippen LogP contribution in [0.4, 0.5) is 0 Å². The molecule has 0 spiro atoms. The Morgan fingerprint density at radius 2 is 1.95 bits per heavy atom. The average molecular weight is 285 g/mol. The number of nitrogens with one attached hydrogen (secondary N) is 1. The van der Waals surface area contributed by atoms with E-state index in [0.29, 0.717) is 0 Å². The van der Waals surface area contributed by atoms with E-state index in [1.165, 1.54) is 42.3 Å². The van der Waals surface area contributed by atoms with Crippen molar-refractivity contribution in [1.82, 2.24) is 15.1 Å². The molecule has 0 aliphatic heterocycles. The fourth-order valence-electron chi connectivity index (χ4n) is 3.92. The van der Waals surface area contributed by atoms with Gasteiger partial charge in [0.2, 0.25) is 0 Å². The van der Waals surface area contributed by atoms with Crippen molar-refractivity contribution in [3.63, 3.8) is 0 Å². The molecule has 1 heterocycles. The normalized spacial score (nSPS) is 22.8. The lowest BCUT2D eigenvalue weighted by atomic mass is 9.76. The number of hydrogen-bond donors (Lipinski definition) is 1. The van der Waals surface area contributed by atoms with E-state index in [4.69, 9.17) is 5.10 Å². The number of nitrogens with zero attached hydrogens (tertiary/aromatic N) is 2. The van der Waals surface area contributed by atoms with E-state index in [1.807, 2.05) is 0 Å². The summed E-state index contributed by atoms with van der Waals surface area (Å²) in [4.78, 5) is 0. The molecule has 1 aromatic carbocycles. The largest absolute Gasteiger partial charge is 0.319 e. The minimum atomic E-state index is 0.787. The second-order valence-corrected chi connectivity index (χ2v) is 6.35. The van der Waals surface area contributed by atoms with Crippen molar-refractivity contribution in [2.24, 2.45) is 11.8 Å². The third kappa shape index (κ3) is 2.98. The lowest BCUT2D eigenvalue weighted by Crippen LogP contribution is -2.30. The molecule has 0 radical (unpaired) electrons. The molecular weight excluding hydrogens is 258 g/mol. The van der Waals surface area contributed by atoms with E-state index in [9.17, 15) is 0 Å². The second-order valence-electron chi connectivity index (χ2n) is 6.35. The molecule has 3 nitrogen and oxygen atoms in total. The Kier molecular flexibility index (Phi) is 4.59. The van der Waals surface area contributed by atoms with E-state index >= 15 is 0 Å². The molecule has 1 fully saturated rings. The van der Waals surface area contributed by atoms with Gasteiger partial charge < -0.3 is 5.32 Å². The van der Waals surface area contributed by atoms with Crippen molar-refractivity contribution in [1.29, 1.82) is 0 Å². The van der Waals surface area contributed by atoms with Gasteiger partial charge in [0.1, 0.15) is 0 Å². The topological polar surface area (TPSA) is 29.9 Å². The zero-order chi connectivity index (χ0) is 14.7. The van der Waals surface area contributed by atoms with Gasteiger partial charge in [-0.1, -0.05) is 31.0 Å². The zero-order valence-electron chi connectivity index (χ0n) is 13.3. The number of benzene rings is 1. The molecule has 0 amide bonds. The van der Waals surface area contributed by atoms with Crippen LogP contribution < -0.4 is 5.32 Å². The lowest BCUT2D eigenvalue weighted by Gasteiger charge is -2.31. The molecule has 21 heavy (non-hydrogen) atoms. The van der Waals surface area contributed by atoms with E-state index in [1.54, 1.807) is 0 Å². The molecular formula is C18H27N3. The summed E-state index contributed by atoms with van der Waals surface area (Å²) in [5.74, 6) is 1.60. The molecule has 1 aliphatic carbocycles. The minimum absolute atomic E-state index is 0.787. The smallest absolute Gasteiger partial charge is 0.0706 e. The van der Waals surface area contributed by atoms with Gasteiger partial charge in [-0.2, -0.15) is 5.10 Å². The Hall–Kier alpha value is -1.35. The summed E-state index contributed by atoms with van der Waals surface area (Å²) >= 11 is 0. The fourth-order valence-corrected chi connectivity index (χ4v) is 3.92. The first kappa shape index (κ1) is 14.6. The van der Waals surface area contributed by atoms with E-state index in [0.717, 1.165) is 31.3 Å². The first-order valence-electron chi connectivity index (χ1n) is 8.42. The average Bonchev–Trinajstić information content (AvgIpc) is 2.88. The molecule has 1 saturated carbocycles. The molecule has 1 aromatic heterocycles. The molecule has 2 atom stereocenters. The highest BCUT2D eigenvalue weighted by atomic mass is 15.3. The van der Waals surface area contributed by atoms with Crippen LogP contribution in [0.5, 0.6) is 0 Å². The Morgan fingerprint density at radius 3 is 2.71 bits per heavy atom. The van der Waals surface area contributed by atoms with Gasteiger partial charge in [-0.15, -0.1) is 0 Å². The maximum absolute atomic E-state index is 4.89. The van der Waals surface area contributed by atoms with E-state index < -0.39 is 0 Å². The van der Waals surface area contributed by atoms with Crippen LogP contribution in [0.1, 0.15) is 38.3 Å². The van der Waals surface area contributed by atoms with Crippen LogP contribution >= 0.6 is 0 Å². The van der Waals surface area contributed by atoms with E-state index in [2.05, 4.69) is 48.2 Å². The molecule has 0 saturated heterocycles. The molecule has 2 aromatic rings. The molecule has 3 heteroatoms. The number of para-hydroxylation sites is 1. The SMILES string of the molecule is CCn1nc(CC2CCCCC2CNC)c2ccccc21. The summed E-state index contributed by atoms with van der Waals surface area (Å²) < 4.78 is 2.15. The van der Waals surface area contributed by atoms with Crippen LogP contribution in [-0.4, -0.2) is 23.4 Å². The standard InChI is InChI=1S/C18H27N3/c1-3-21-18-11-7-6-10-16(18)17(20-21)12-14-8-4-5-9-15(14)13-19-2/h6-7,10-11,14-15,19H,3-5,8-9,12-13H2,1-2H3. The summed E-state index contributed by atoms with van der Waals surface area (Å²) in [7, 11) is 2.08. The molecule has 1 aliphatic rings. The lowest BCUT2D eigenvalue weighted by molar-refractivity contribution is 0.231. The fraction of sp³-hybridized carbons (Fsp3) is 0.611. The third-order valence-corrected chi connectivity index (χ3v) is 5.02. The first-order chi connectivity index (χ1) is 10.3. The molecule has 0 bridgehead atoms. The highest BCUT2D eigenvalue weighted by Crippen LogP contribution is 2.33. The Labute approximate surface area is 127 Å². The summed E-state index contributed by atoms with van der Waals surface area (Å²) in [6.45, 7) is 4.27. The summed E-state index contributed by atoms with van der Waals surface area (Å²) in [5, 5.41) is 9.63. The quantitative estimate of drug-likeness (QED) is 0.909. The number of hydrogen-bond acceptors (Lipinski definition) is 2. The maximum Gasteiger partial charge on any atom is 0.0706 e. The zero-order valence-corrected chi connectivity index (χ0v) is 13.3. The summed E-state index contributed by atoms with van der Waals surface area (Å²) in [5.41, 5.74) is 2.59. The van der Waals surface area contributed by atoms with Gasteiger partial charge in [0.15, 0.2) is 0 Å². The summed E-state index contributed by atoms with van der Waals surface area (Å²) in [6.07, 6.45) is 6.65. The van der Waals surface area contributed by atoms with Gasteiger partial charge in [-0.05, 0) is 57.7 Å². The Morgan fingerprint density at radius 1 is 1.19 bits per heavy atom. The third-order valence-electron chi connectivity index (χ3n) is 5.02. The number of fused-ring (bicyclic) bond motifs is 1. The number of aromatic nitrogens is 2. The van der Waals surface area contributed by atoms with Crippen LogP contribution in [0.3, 0.4) is 0 Å². The first-order valence-corrected chi connectivity index (χ1v) is 8.42. The van der Waals surface area contributed by atoms with Crippen LogP contribution in [0.25, 0.3) is 10.9 Å². The van der Waals surface area contributed by atoms with Gasteiger partial charge in [0.05, 0.1) is 11.2 Å². The highest BCUT2D eigenvalue weighted by Gasteiger charge is 2.26. The van der Waals surface area contributed by atoms with Crippen molar-refractivity contribution in [2.45, 2.75) is 45.6 Å². The highest BCUT2D eigenvalue weighted by molar-refractivity contribution is 5.81. The van der Waals surface area contributed by atoms with Gasteiger partial charge in [0.25, 0.3) is 0 Å². The van der Waals surface area contributed by atoms with Gasteiger partial charge in [-0.3, -0.25) is 4.68 Å². The predicted octanol–water partition coefficient (Wildman–Crippen LogP) is 3.62. The van der Waals surface area contributed by atoms with Crippen LogP contribution in [0, 0.1) is 11.8 Å². The van der Waals surface area contributed by atoms with Crippen LogP contribution in [0.2, 0.25) is 0 Å². The monoisotopic (exact) mass is 285 g/mol. The van der Waals surface area contributed by atoms with Gasteiger partial charge >= 0.3 is 0 Å².